The highest BCUT2D eigenvalue weighted by molar-refractivity contribution is 7.71. The van der Waals surface area contributed by atoms with E-state index in [1.165, 1.54) is 6.07 Å². The van der Waals surface area contributed by atoms with Crippen LogP contribution in [-0.2, 0) is 5.41 Å². The molecule has 0 aliphatic heterocycles. The van der Waals surface area contributed by atoms with Crippen molar-refractivity contribution in [3.05, 3.63) is 32.4 Å². The van der Waals surface area contributed by atoms with Crippen LogP contribution in [-0.4, -0.2) is 26.0 Å². The Hall–Kier alpha value is -2.02. The highest BCUT2D eigenvalue weighted by Crippen LogP contribution is 2.27. The Morgan fingerprint density at radius 2 is 2.00 bits per heavy atom. The van der Waals surface area contributed by atoms with E-state index >= 15 is 0 Å². The fourth-order valence-corrected chi connectivity index (χ4v) is 2.06. The molecule has 0 amide bonds. The highest BCUT2D eigenvalue weighted by atomic mass is 32.1. The smallest absolute Gasteiger partial charge is 0.354 e. The number of aromatic carboxylic acids is 1. The van der Waals surface area contributed by atoms with Crippen LogP contribution in [0.2, 0.25) is 0 Å². The van der Waals surface area contributed by atoms with Crippen LogP contribution in [0.15, 0.2) is 10.9 Å². The van der Waals surface area contributed by atoms with Crippen molar-refractivity contribution in [2.45, 2.75) is 26.2 Å². The molecule has 100 valence electrons. The van der Waals surface area contributed by atoms with Gasteiger partial charge >= 0.3 is 5.97 Å². The zero-order valence-corrected chi connectivity index (χ0v) is 11.5. The number of carbonyl (C=O) groups is 1. The standard InChI is InChI=1S/C12H13N3O3S/c1-12(2,3)5-4-6(10(17)18)13-8-7(5)9(16)15-11(19)14-8/h4H,1-3H3,(H,17,18)(H2,13,14,15,16,19). The van der Waals surface area contributed by atoms with Crippen molar-refractivity contribution >= 4 is 29.2 Å². The first-order valence-corrected chi connectivity index (χ1v) is 6.02. The molecule has 0 spiro atoms. The molecular weight excluding hydrogens is 266 g/mol. The Labute approximate surface area is 113 Å². The lowest BCUT2D eigenvalue weighted by atomic mass is 9.85. The lowest BCUT2D eigenvalue weighted by Crippen LogP contribution is -2.20. The van der Waals surface area contributed by atoms with E-state index in [-0.39, 0.29) is 21.7 Å². The van der Waals surface area contributed by atoms with Gasteiger partial charge < -0.3 is 10.1 Å². The predicted octanol–water partition coefficient (Wildman–Crippen LogP) is 1.98. The van der Waals surface area contributed by atoms with Crippen LogP contribution < -0.4 is 5.56 Å². The van der Waals surface area contributed by atoms with E-state index in [1.807, 2.05) is 20.8 Å². The first-order valence-electron chi connectivity index (χ1n) is 5.61. The third-order valence-electron chi connectivity index (χ3n) is 2.73. The van der Waals surface area contributed by atoms with Crippen LogP contribution in [0.5, 0.6) is 0 Å². The maximum absolute atomic E-state index is 12.0. The number of fused-ring (bicyclic) bond motifs is 1. The average Bonchev–Trinajstić information content (AvgIpc) is 2.25. The van der Waals surface area contributed by atoms with E-state index in [0.717, 1.165) is 0 Å². The number of pyridine rings is 1. The van der Waals surface area contributed by atoms with Gasteiger partial charge in [-0.1, -0.05) is 20.8 Å². The number of H-pyrrole nitrogens is 2. The molecule has 0 aliphatic rings. The van der Waals surface area contributed by atoms with E-state index in [2.05, 4.69) is 15.0 Å². The van der Waals surface area contributed by atoms with Gasteiger partial charge in [0.05, 0.1) is 5.39 Å². The summed E-state index contributed by atoms with van der Waals surface area (Å²) < 4.78 is 0.118. The number of hydrogen-bond donors (Lipinski definition) is 3. The number of carboxylic acid groups (broad SMARTS) is 1. The summed E-state index contributed by atoms with van der Waals surface area (Å²) in [5.41, 5.74) is -0.0716. The van der Waals surface area contributed by atoms with Crippen LogP contribution in [0.3, 0.4) is 0 Å². The largest absolute Gasteiger partial charge is 0.477 e. The van der Waals surface area contributed by atoms with Crippen molar-refractivity contribution in [3.8, 4) is 0 Å². The fourth-order valence-electron chi connectivity index (χ4n) is 1.87. The minimum absolute atomic E-state index is 0.117. The molecule has 7 heteroatoms. The first kappa shape index (κ1) is 13.4. The molecule has 0 aromatic carbocycles. The van der Waals surface area contributed by atoms with E-state index in [9.17, 15) is 9.59 Å². The second-order valence-electron chi connectivity index (χ2n) is 5.24. The number of rotatable bonds is 1. The zero-order chi connectivity index (χ0) is 14.4. The minimum Gasteiger partial charge on any atom is -0.477 e. The van der Waals surface area contributed by atoms with Crippen LogP contribution in [0, 0.1) is 4.77 Å². The molecule has 0 saturated heterocycles. The molecule has 0 fully saturated rings. The summed E-state index contributed by atoms with van der Waals surface area (Å²) in [6, 6.07) is 1.43. The molecular formula is C12H13N3O3S. The molecule has 6 nitrogen and oxygen atoms in total. The number of carboxylic acids is 1. The SMILES string of the molecule is CC(C)(C)c1cc(C(=O)O)nc2[nH]c(=S)[nH]c(=O)c12. The summed E-state index contributed by atoms with van der Waals surface area (Å²) in [6.07, 6.45) is 0. The van der Waals surface area contributed by atoms with Gasteiger partial charge in [0, 0.05) is 0 Å². The van der Waals surface area contributed by atoms with Crippen molar-refractivity contribution in [2.75, 3.05) is 0 Å². The Morgan fingerprint density at radius 3 is 2.53 bits per heavy atom. The van der Waals surface area contributed by atoms with Crippen molar-refractivity contribution in [2.24, 2.45) is 0 Å². The van der Waals surface area contributed by atoms with Gasteiger partial charge in [-0.15, -0.1) is 0 Å². The molecule has 0 unspecified atom stereocenters. The van der Waals surface area contributed by atoms with Crippen molar-refractivity contribution in [3.63, 3.8) is 0 Å². The monoisotopic (exact) mass is 279 g/mol. The van der Waals surface area contributed by atoms with Crippen LogP contribution >= 0.6 is 12.2 Å². The van der Waals surface area contributed by atoms with Crippen LogP contribution in [0.1, 0.15) is 36.8 Å². The molecule has 2 rings (SSSR count). The molecule has 19 heavy (non-hydrogen) atoms. The second-order valence-corrected chi connectivity index (χ2v) is 5.65. The summed E-state index contributed by atoms with van der Waals surface area (Å²) in [4.78, 5) is 32.3. The quantitative estimate of drug-likeness (QED) is 0.693. The summed E-state index contributed by atoms with van der Waals surface area (Å²) in [7, 11) is 0. The molecule has 2 aromatic heterocycles. The Kier molecular flexibility index (Phi) is 3.01. The van der Waals surface area contributed by atoms with E-state index < -0.39 is 11.4 Å². The van der Waals surface area contributed by atoms with Gasteiger partial charge in [-0.3, -0.25) is 9.78 Å². The number of nitrogens with zero attached hydrogens (tertiary/aromatic N) is 1. The molecule has 0 saturated carbocycles. The van der Waals surface area contributed by atoms with Gasteiger partial charge in [-0.25, -0.2) is 9.78 Å². The Morgan fingerprint density at radius 1 is 1.37 bits per heavy atom. The van der Waals surface area contributed by atoms with E-state index in [0.29, 0.717) is 10.9 Å². The van der Waals surface area contributed by atoms with Crippen molar-refractivity contribution in [1.29, 1.82) is 0 Å². The number of aromatic nitrogens is 3. The first-order chi connectivity index (χ1) is 8.70. The molecule has 3 N–H and O–H groups in total. The van der Waals surface area contributed by atoms with Gasteiger partial charge in [0.2, 0.25) is 0 Å². The number of hydrogen-bond acceptors (Lipinski definition) is 4. The fraction of sp³-hybridized carbons (Fsp3) is 0.333. The maximum Gasteiger partial charge on any atom is 0.354 e. The van der Waals surface area contributed by atoms with Gasteiger partial charge in [-0.2, -0.15) is 0 Å². The predicted molar refractivity (Wildman–Crippen MR) is 73.2 cm³/mol. The molecule has 0 aliphatic carbocycles. The lowest BCUT2D eigenvalue weighted by Gasteiger charge is -2.20. The molecule has 2 heterocycles. The average molecular weight is 279 g/mol. The molecule has 2 aromatic rings. The van der Waals surface area contributed by atoms with Gasteiger partial charge in [0.1, 0.15) is 5.65 Å². The van der Waals surface area contributed by atoms with Crippen molar-refractivity contribution < 1.29 is 9.90 Å². The maximum atomic E-state index is 12.0. The minimum atomic E-state index is -1.15. The van der Waals surface area contributed by atoms with Gasteiger partial charge in [-0.05, 0) is 29.3 Å². The van der Waals surface area contributed by atoms with Crippen LogP contribution in [0.25, 0.3) is 11.0 Å². The normalized spacial score (nSPS) is 11.7. The molecule has 0 radical (unpaired) electrons. The van der Waals surface area contributed by atoms with E-state index in [4.69, 9.17) is 17.3 Å². The second kappa shape index (κ2) is 4.27. The number of nitrogens with one attached hydrogen (secondary N) is 2. The summed E-state index contributed by atoms with van der Waals surface area (Å²) >= 11 is 4.87. The lowest BCUT2D eigenvalue weighted by molar-refractivity contribution is 0.0690. The highest BCUT2D eigenvalue weighted by Gasteiger charge is 2.22. The summed E-state index contributed by atoms with van der Waals surface area (Å²) in [5.74, 6) is -1.15. The van der Waals surface area contributed by atoms with E-state index in [1.54, 1.807) is 0 Å². The zero-order valence-electron chi connectivity index (χ0n) is 10.7. The van der Waals surface area contributed by atoms with Gasteiger partial charge in [0.25, 0.3) is 5.56 Å². The molecule has 0 atom stereocenters. The third kappa shape index (κ3) is 2.41. The van der Waals surface area contributed by atoms with Crippen molar-refractivity contribution in [1.82, 2.24) is 15.0 Å². The third-order valence-corrected chi connectivity index (χ3v) is 2.94. The van der Waals surface area contributed by atoms with Crippen LogP contribution in [0.4, 0.5) is 0 Å². The topological polar surface area (TPSA) is 98.8 Å². The number of aromatic amines is 2. The van der Waals surface area contributed by atoms with Gasteiger partial charge in [0.15, 0.2) is 10.5 Å². The Bertz CT molecular complexity index is 783. The summed E-state index contributed by atoms with van der Waals surface area (Å²) in [6.45, 7) is 5.69. The Balaban J connectivity index is 3.03. The molecule has 0 bridgehead atoms. The summed E-state index contributed by atoms with van der Waals surface area (Å²) in [5, 5.41) is 9.42.